The maximum atomic E-state index is 11.9. The standard InChI is InChI=1S/C14H17Cl2NO4/c1-8(14(19)20)13(18)17-12(5-6-21-2)9-3-4-10(15)11(16)7-9/h3-4,7-8,12H,5-6H2,1-2H3,(H,17,18)(H,19,20). The van der Waals surface area contributed by atoms with E-state index in [1.807, 2.05) is 0 Å². The lowest BCUT2D eigenvalue weighted by atomic mass is 10.0. The summed E-state index contributed by atoms with van der Waals surface area (Å²) in [6.07, 6.45) is 0.493. The maximum Gasteiger partial charge on any atom is 0.315 e. The van der Waals surface area contributed by atoms with E-state index >= 15 is 0 Å². The SMILES string of the molecule is COCCC(NC(=O)C(C)C(=O)O)c1ccc(Cl)c(Cl)c1. The molecular formula is C14H17Cl2NO4. The summed E-state index contributed by atoms with van der Waals surface area (Å²) in [5.41, 5.74) is 0.743. The van der Waals surface area contributed by atoms with Crippen LogP contribution in [0.4, 0.5) is 0 Å². The summed E-state index contributed by atoms with van der Waals surface area (Å²) in [5.74, 6) is -2.86. The number of hydrogen-bond acceptors (Lipinski definition) is 3. The van der Waals surface area contributed by atoms with Crippen LogP contribution in [0.25, 0.3) is 0 Å². The Bertz CT molecular complexity index is 522. The first-order chi connectivity index (χ1) is 9.86. The number of methoxy groups -OCH3 is 1. The number of aliphatic carboxylic acids is 1. The Morgan fingerprint density at radius 2 is 2.00 bits per heavy atom. The van der Waals surface area contributed by atoms with Crippen LogP contribution in [0.15, 0.2) is 18.2 Å². The number of halogens is 2. The smallest absolute Gasteiger partial charge is 0.315 e. The molecule has 1 aromatic carbocycles. The Morgan fingerprint density at radius 3 is 2.52 bits per heavy atom. The van der Waals surface area contributed by atoms with E-state index in [0.717, 1.165) is 5.56 Å². The molecule has 7 heteroatoms. The highest BCUT2D eigenvalue weighted by atomic mass is 35.5. The van der Waals surface area contributed by atoms with Gasteiger partial charge in [0.25, 0.3) is 0 Å². The number of ether oxygens (including phenoxy) is 1. The summed E-state index contributed by atoms with van der Waals surface area (Å²) >= 11 is 11.8. The third-order valence-electron chi connectivity index (χ3n) is 3.04. The van der Waals surface area contributed by atoms with Gasteiger partial charge in [-0.1, -0.05) is 29.3 Å². The minimum atomic E-state index is -1.17. The van der Waals surface area contributed by atoms with Gasteiger partial charge in [-0.3, -0.25) is 9.59 Å². The second kappa shape index (κ2) is 8.22. The molecule has 0 saturated heterocycles. The molecule has 2 unspecified atom stereocenters. The van der Waals surface area contributed by atoms with Gasteiger partial charge in [-0.25, -0.2) is 0 Å². The fourth-order valence-electron chi connectivity index (χ4n) is 1.70. The lowest BCUT2D eigenvalue weighted by Crippen LogP contribution is -2.36. The number of benzene rings is 1. The van der Waals surface area contributed by atoms with Crippen molar-refractivity contribution in [3.05, 3.63) is 33.8 Å². The van der Waals surface area contributed by atoms with Gasteiger partial charge in [-0.15, -0.1) is 0 Å². The van der Waals surface area contributed by atoms with Crippen LogP contribution < -0.4 is 5.32 Å². The van der Waals surface area contributed by atoms with Gasteiger partial charge in [0.15, 0.2) is 0 Å². The summed E-state index contributed by atoms with van der Waals surface area (Å²) in [6, 6.07) is 4.62. The number of carbonyl (C=O) groups is 2. The number of nitrogens with one attached hydrogen (secondary N) is 1. The van der Waals surface area contributed by atoms with Gasteiger partial charge in [0, 0.05) is 13.7 Å². The topological polar surface area (TPSA) is 75.6 Å². The van der Waals surface area contributed by atoms with Crippen molar-refractivity contribution >= 4 is 35.1 Å². The summed E-state index contributed by atoms with van der Waals surface area (Å²) in [7, 11) is 1.55. The second-order valence-electron chi connectivity index (χ2n) is 4.58. The molecule has 0 aromatic heterocycles. The number of carbonyl (C=O) groups excluding carboxylic acids is 1. The average molecular weight is 334 g/mol. The van der Waals surface area contributed by atoms with Crippen LogP contribution >= 0.6 is 23.2 Å². The van der Waals surface area contributed by atoms with Crippen LogP contribution in [0.1, 0.15) is 24.9 Å². The van der Waals surface area contributed by atoms with Crippen LogP contribution in [0, 0.1) is 5.92 Å². The summed E-state index contributed by atoms with van der Waals surface area (Å²) in [5, 5.41) is 12.3. The molecule has 0 aliphatic rings. The Hall–Kier alpha value is -1.30. The van der Waals surface area contributed by atoms with E-state index in [-0.39, 0.29) is 0 Å². The van der Waals surface area contributed by atoms with Gasteiger partial charge < -0.3 is 15.2 Å². The van der Waals surface area contributed by atoms with Crippen molar-refractivity contribution in [1.82, 2.24) is 5.32 Å². The zero-order valence-corrected chi connectivity index (χ0v) is 13.2. The zero-order valence-electron chi connectivity index (χ0n) is 11.7. The molecule has 21 heavy (non-hydrogen) atoms. The number of rotatable bonds is 7. The van der Waals surface area contributed by atoms with E-state index in [1.165, 1.54) is 6.92 Å². The summed E-state index contributed by atoms with van der Waals surface area (Å²) in [4.78, 5) is 22.7. The molecule has 0 bridgehead atoms. The lowest BCUT2D eigenvalue weighted by Gasteiger charge is -2.20. The van der Waals surface area contributed by atoms with E-state index in [1.54, 1.807) is 25.3 Å². The third kappa shape index (κ3) is 5.19. The van der Waals surface area contributed by atoms with Gasteiger partial charge in [0.05, 0.1) is 16.1 Å². The largest absolute Gasteiger partial charge is 0.481 e. The predicted molar refractivity (Wildman–Crippen MR) is 80.6 cm³/mol. The van der Waals surface area contributed by atoms with Crippen molar-refractivity contribution in [2.24, 2.45) is 5.92 Å². The van der Waals surface area contributed by atoms with Gasteiger partial charge in [-0.2, -0.15) is 0 Å². The highest BCUT2D eigenvalue weighted by Crippen LogP contribution is 2.27. The first-order valence-electron chi connectivity index (χ1n) is 6.34. The monoisotopic (exact) mass is 333 g/mol. The number of hydrogen-bond donors (Lipinski definition) is 2. The molecule has 5 nitrogen and oxygen atoms in total. The molecule has 0 fully saturated rings. The molecule has 0 radical (unpaired) electrons. The van der Waals surface area contributed by atoms with Crippen LogP contribution in [-0.4, -0.2) is 30.7 Å². The van der Waals surface area contributed by atoms with Crippen molar-refractivity contribution in [1.29, 1.82) is 0 Å². The highest BCUT2D eigenvalue weighted by molar-refractivity contribution is 6.42. The van der Waals surface area contributed by atoms with Crippen LogP contribution in [0.3, 0.4) is 0 Å². The summed E-state index contributed by atoms with van der Waals surface area (Å²) in [6.45, 7) is 1.74. The lowest BCUT2D eigenvalue weighted by molar-refractivity contribution is -0.146. The molecule has 2 atom stereocenters. The third-order valence-corrected chi connectivity index (χ3v) is 3.78. The Labute approximate surface area is 133 Å². The molecule has 1 amide bonds. The minimum absolute atomic E-state index is 0.372. The van der Waals surface area contributed by atoms with Gasteiger partial charge in [-0.05, 0) is 31.0 Å². The molecule has 0 spiro atoms. The number of carboxylic acid groups (broad SMARTS) is 1. The van der Waals surface area contributed by atoms with Crippen molar-refractivity contribution < 1.29 is 19.4 Å². The Morgan fingerprint density at radius 1 is 1.33 bits per heavy atom. The van der Waals surface area contributed by atoms with E-state index in [9.17, 15) is 9.59 Å². The van der Waals surface area contributed by atoms with Crippen LogP contribution in [-0.2, 0) is 14.3 Å². The van der Waals surface area contributed by atoms with E-state index in [4.69, 9.17) is 33.0 Å². The minimum Gasteiger partial charge on any atom is -0.481 e. The van der Waals surface area contributed by atoms with Crippen molar-refractivity contribution in [2.75, 3.05) is 13.7 Å². The second-order valence-corrected chi connectivity index (χ2v) is 5.39. The van der Waals surface area contributed by atoms with E-state index < -0.39 is 23.8 Å². The van der Waals surface area contributed by atoms with Crippen molar-refractivity contribution in [3.8, 4) is 0 Å². The fraction of sp³-hybridized carbons (Fsp3) is 0.429. The van der Waals surface area contributed by atoms with Gasteiger partial charge in [0.2, 0.25) is 5.91 Å². The molecular weight excluding hydrogens is 317 g/mol. The quantitative estimate of drug-likeness (QED) is 0.752. The van der Waals surface area contributed by atoms with E-state index in [2.05, 4.69) is 5.32 Å². The normalized spacial score (nSPS) is 13.5. The molecule has 0 aliphatic carbocycles. The molecule has 0 saturated carbocycles. The van der Waals surface area contributed by atoms with Crippen LogP contribution in [0.2, 0.25) is 10.0 Å². The molecule has 1 aromatic rings. The maximum absolute atomic E-state index is 11.9. The van der Waals surface area contributed by atoms with Crippen LogP contribution in [0.5, 0.6) is 0 Å². The first kappa shape index (κ1) is 17.8. The molecule has 0 aliphatic heterocycles. The average Bonchev–Trinajstić information content (AvgIpc) is 2.45. The molecule has 116 valence electrons. The fourth-order valence-corrected chi connectivity index (χ4v) is 2.00. The number of carboxylic acids is 1. The first-order valence-corrected chi connectivity index (χ1v) is 7.09. The predicted octanol–water partition coefficient (Wildman–Crippen LogP) is 2.91. The Kier molecular flexibility index (Phi) is 6.95. The van der Waals surface area contributed by atoms with E-state index in [0.29, 0.717) is 23.1 Å². The van der Waals surface area contributed by atoms with Crippen molar-refractivity contribution in [3.63, 3.8) is 0 Å². The van der Waals surface area contributed by atoms with Crippen molar-refractivity contribution in [2.45, 2.75) is 19.4 Å². The zero-order chi connectivity index (χ0) is 16.0. The molecule has 1 rings (SSSR count). The Balaban J connectivity index is 2.91. The van der Waals surface area contributed by atoms with Gasteiger partial charge >= 0.3 is 5.97 Å². The molecule has 2 N–H and O–H groups in total. The van der Waals surface area contributed by atoms with Gasteiger partial charge in [0.1, 0.15) is 5.92 Å². The highest BCUT2D eigenvalue weighted by Gasteiger charge is 2.24. The summed E-state index contributed by atoms with van der Waals surface area (Å²) < 4.78 is 5.01. The molecule has 0 heterocycles. The number of amides is 1.